The Morgan fingerprint density at radius 1 is 1.53 bits per heavy atom. The maximum Gasteiger partial charge on any atom is 0.433 e. The van der Waals surface area contributed by atoms with Gasteiger partial charge < -0.3 is 0 Å². The number of alkyl halides is 3. The summed E-state index contributed by atoms with van der Waals surface area (Å²) < 4.78 is 37.8. The van der Waals surface area contributed by atoms with Crippen molar-refractivity contribution < 1.29 is 22.8 Å². The summed E-state index contributed by atoms with van der Waals surface area (Å²) in [4.78, 5) is 19.3. The molecule has 0 saturated heterocycles. The highest BCUT2D eigenvalue weighted by molar-refractivity contribution is 9.10. The van der Waals surface area contributed by atoms with Crippen LogP contribution in [0.15, 0.2) is 22.8 Å². The van der Waals surface area contributed by atoms with Crippen LogP contribution in [0.1, 0.15) is 11.3 Å². The molecule has 0 spiro atoms. The number of hydrogen-bond donors (Lipinski definition) is 0. The zero-order valence-corrected chi connectivity index (χ0v) is 11.6. The maximum absolute atomic E-state index is 12.5. The molecule has 0 aliphatic heterocycles. The highest BCUT2D eigenvalue weighted by Gasteiger charge is 2.32. The van der Waals surface area contributed by atoms with Crippen molar-refractivity contribution >= 4 is 27.9 Å². The molecule has 1 rings (SSSR count). The van der Waals surface area contributed by atoms with E-state index in [2.05, 4.69) is 25.8 Å². The van der Waals surface area contributed by atoms with E-state index in [4.69, 9.17) is 0 Å². The van der Waals surface area contributed by atoms with Gasteiger partial charge >= 0.3 is 6.18 Å². The molecule has 1 amide bonds. The first-order valence-electron chi connectivity index (χ1n) is 4.98. The summed E-state index contributed by atoms with van der Waals surface area (Å²) in [7, 11) is 2.69. The van der Waals surface area contributed by atoms with E-state index >= 15 is 0 Å². The van der Waals surface area contributed by atoms with Gasteiger partial charge in [-0.2, -0.15) is 13.2 Å². The minimum absolute atomic E-state index is 0.195. The average Bonchev–Trinajstić information content (AvgIpc) is 2.35. The normalized spacial score (nSPS) is 11.9. The third kappa shape index (κ3) is 4.32. The van der Waals surface area contributed by atoms with Gasteiger partial charge in [-0.3, -0.25) is 14.6 Å². The van der Waals surface area contributed by atoms with Crippen LogP contribution in [0, 0.1) is 0 Å². The van der Waals surface area contributed by atoms with Gasteiger partial charge in [0.25, 0.3) is 5.91 Å². The first kappa shape index (κ1) is 15.6. The molecule has 0 saturated carbocycles. The van der Waals surface area contributed by atoms with Crippen molar-refractivity contribution in [3.05, 3.63) is 34.1 Å². The minimum atomic E-state index is -4.53. The Bertz CT molecular complexity index is 503. The van der Waals surface area contributed by atoms with Gasteiger partial charge in [-0.1, -0.05) is 0 Å². The Morgan fingerprint density at radius 3 is 2.68 bits per heavy atom. The summed E-state index contributed by atoms with van der Waals surface area (Å²) in [5.74, 6) is -0.500. The van der Waals surface area contributed by atoms with Crippen molar-refractivity contribution in [2.45, 2.75) is 6.18 Å². The van der Waals surface area contributed by atoms with Crippen molar-refractivity contribution in [3.8, 4) is 0 Å². The molecule has 0 aliphatic carbocycles. The second-order valence-electron chi connectivity index (χ2n) is 3.44. The van der Waals surface area contributed by atoms with E-state index in [0.29, 0.717) is 4.47 Å². The molecular formula is C11H10BrF3N2O2. The number of aromatic nitrogens is 1. The third-order valence-electron chi connectivity index (χ3n) is 2.17. The first-order chi connectivity index (χ1) is 8.75. The predicted octanol–water partition coefficient (Wildman–Crippen LogP) is 2.90. The molecule has 1 aromatic rings. The molecule has 0 atom stereocenters. The van der Waals surface area contributed by atoms with Gasteiger partial charge in [-0.15, -0.1) is 0 Å². The van der Waals surface area contributed by atoms with E-state index in [0.717, 1.165) is 23.4 Å². The van der Waals surface area contributed by atoms with Crippen LogP contribution in [0.3, 0.4) is 0 Å². The molecule has 104 valence electrons. The molecule has 0 N–H and O–H groups in total. The lowest BCUT2D eigenvalue weighted by atomic mass is 10.2. The van der Waals surface area contributed by atoms with Crippen LogP contribution in [-0.2, 0) is 15.8 Å². The molecule has 8 heteroatoms. The van der Waals surface area contributed by atoms with Crippen molar-refractivity contribution in [2.75, 3.05) is 14.2 Å². The van der Waals surface area contributed by atoms with Gasteiger partial charge in [0.1, 0.15) is 5.69 Å². The summed E-state index contributed by atoms with van der Waals surface area (Å²) in [6.07, 6.45) is -1.15. The van der Waals surface area contributed by atoms with Crippen LogP contribution in [0.4, 0.5) is 13.2 Å². The third-order valence-corrected chi connectivity index (χ3v) is 2.83. The fraction of sp³-hybridized carbons (Fsp3) is 0.273. The van der Waals surface area contributed by atoms with Crippen LogP contribution in [-0.4, -0.2) is 30.1 Å². The number of hydrogen-bond acceptors (Lipinski definition) is 3. The van der Waals surface area contributed by atoms with Crippen molar-refractivity contribution in [2.24, 2.45) is 0 Å². The number of halogens is 4. The van der Waals surface area contributed by atoms with Crippen LogP contribution < -0.4 is 0 Å². The smallest absolute Gasteiger partial charge is 0.274 e. The van der Waals surface area contributed by atoms with E-state index in [9.17, 15) is 18.0 Å². The Morgan fingerprint density at radius 2 is 2.16 bits per heavy atom. The molecular weight excluding hydrogens is 329 g/mol. The summed E-state index contributed by atoms with van der Waals surface area (Å²) in [5, 5.41) is 0.941. The molecule has 1 heterocycles. The molecule has 0 aliphatic rings. The van der Waals surface area contributed by atoms with Crippen LogP contribution in [0.2, 0.25) is 0 Å². The Kier molecular flexibility index (Phi) is 5.07. The first-order valence-corrected chi connectivity index (χ1v) is 5.77. The Labute approximate surface area is 116 Å². The number of carbonyl (C=O) groups excluding carboxylic acids is 1. The predicted molar refractivity (Wildman–Crippen MR) is 65.8 cm³/mol. The van der Waals surface area contributed by atoms with Gasteiger partial charge in [0.2, 0.25) is 0 Å². The largest absolute Gasteiger partial charge is 0.433 e. The molecule has 4 nitrogen and oxygen atoms in total. The average molecular weight is 339 g/mol. The molecule has 0 aromatic carbocycles. The lowest BCUT2D eigenvalue weighted by Crippen LogP contribution is -2.22. The summed E-state index contributed by atoms with van der Waals surface area (Å²) in [5.41, 5.74) is -0.830. The highest BCUT2D eigenvalue weighted by Crippen LogP contribution is 2.30. The Balaban J connectivity index is 3.01. The fourth-order valence-corrected chi connectivity index (χ4v) is 1.44. The molecule has 0 unspecified atom stereocenters. The number of nitrogens with zero attached hydrogens (tertiary/aromatic N) is 2. The standard InChI is InChI=1S/C11H10BrF3N2O2/c1-17(19-2)10(18)4-3-7-5-9(11(13,14)15)16-6-8(7)12/h3-6H,1-2H3/b4-3+. The van der Waals surface area contributed by atoms with E-state index in [-0.39, 0.29) is 5.56 Å². The maximum atomic E-state index is 12.5. The number of pyridine rings is 1. The zero-order chi connectivity index (χ0) is 14.6. The second-order valence-corrected chi connectivity index (χ2v) is 4.29. The SMILES string of the molecule is CON(C)C(=O)/C=C/c1cc(C(F)(F)F)ncc1Br. The van der Waals surface area contributed by atoms with Crippen molar-refractivity contribution in [1.29, 1.82) is 0 Å². The molecule has 0 radical (unpaired) electrons. The topological polar surface area (TPSA) is 42.4 Å². The molecule has 1 aromatic heterocycles. The van der Waals surface area contributed by atoms with E-state index in [1.165, 1.54) is 20.2 Å². The van der Waals surface area contributed by atoms with E-state index in [1.54, 1.807) is 0 Å². The second kappa shape index (κ2) is 6.16. The molecule has 0 bridgehead atoms. The minimum Gasteiger partial charge on any atom is -0.274 e. The zero-order valence-electron chi connectivity index (χ0n) is 10.0. The van der Waals surface area contributed by atoms with Gasteiger partial charge in [-0.25, -0.2) is 5.06 Å². The van der Waals surface area contributed by atoms with Gasteiger partial charge in [0, 0.05) is 23.8 Å². The van der Waals surface area contributed by atoms with Gasteiger partial charge in [-0.05, 0) is 33.6 Å². The lowest BCUT2D eigenvalue weighted by molar-refractivity contribution is -0.162. The summed E-state index contributed by atoms with van der Waals surface area (Å²) in [6.45, 7) is 0. The van der Waals surface area contributed by atoms with Crippen LogP contribution >= 0.6 is 15.9 Å². The number of hydroxylamine groups is 2. The summed E-state index contributed by atoms with van der Waals surface area (Å²) in [6, 6.07) is 0.848. The quantitative estimate of drug-likeness (QED) is 0.628. The number of carbonyl (C=O) groups is 1. The number of likely N-dealkylation sites (N-methyl/N-ethyl adjacent to an activating group) is 1. The van der Waals surface area contributed by atoms with E-state index < -0.39 is 17.8 Å². The monoisotopic (exact) mass is 338 g/mol. The van der Waals surface area contributed by atoms with E-state index in [1.807, 2.05) is 0 Å². The lowest BCUT2D eigenvalue weighted by Gasteiger charge is -2.10. The van der Waals surface area contributed by atoms with Gasteiger partial charge in [0.05, 0.1) is 7.11 Å². The molecule has 19 heavy (non-hydrogen) atoms. The summed E-state index contributed by atoms with van der Waals surface area (Å²) >= 11 is 3.06. The fourth-order valence-electron chi connectivity index (χ4n) is 1.09. The highest BCUT2D eigenvalue weighted by atomic mass is 79.9. The van der Waals surface area contributed by atoms with Gasteiger partial charge in [0.15, 0.2) is 0 Å². The Hall–Kier alpha value is -1.41. The van der Waals surface area contributed by atoms with Crippen LogP contribution in [0.5, 0.6) is 0 Å². The number of amides is 1. The van der Waals surface area contributed by atoms with Crippen LogP contribution in [0.25, 0.3) is 6.08 Å². The van der Waals surface area contributed by atoms with Crippen molar-refractivity contribution in [1.82, 2.24) is 10.0 Å². The number of rotatable bonds is 3. The van der Waals surface area contributed by atoms with Crippen molar-refractivity contribution in [3.63, 3.8) is 0 Å². The molecule has 0 fully saturated rings.